The maximum Gasteiger partial charge on any atom is 0.416 e. The van der Waals surface area contributed by atoms with Gasteiger partial charge in [-0.25, -0.2) is 4.57 Å². The molecule has 2 aromatic carbocycles. The number of hydrogen-bond acceptors (Lipinski definition) is 0. The van der Waals surface area contributed by atoms with E-state index >= 15 is 0 Å². The molecule has 0 aliphatic heterocycles. The van der Waals surface area contributed by atoms with E-state index in [1.54, 1.807) is 26.8 Å². The molecular weight excluding hydrogens is 399 g/mol. The van der Waals surface area contributed by atoms with Gasteiger partial charge in [0.15, 0.2) is 6.20 Å². The zero-order chi connectivity index (χ0) is 22.6. The van der Waals surface area contributed by atoms with Crippen LogP contribution in [0.25, 0.3) is 22.0 Å². The summed E-state index contributed by atoms with van der Waals surface area (Å²) >= 11 is 0. The fourth-order valence-corrected chi connectivity index (χ4v) is 5.91. The molecule has 0 spiro atoms. The maximum absolute atomic E-state index is 13.6. The second-order valence-electron chi connectivity index (χ2n) is 9.32. The van der Waals surface area contributed by atoms with E-state index < -0.39 is 19.8 Å². The Hall–Kier alpha value is -2.14. The molecule has 1 heterocycles. The van der Waals surface area contributed by atoms with Crippen LogP contribution in [-0.2, 0) is 13.2 Å². The minimum absolute atomic E-state index is 0.266. The minimum Gasteiger partial charge on any atom is -0.200 e. The zero-order valence-electron chi connectivity index (χ0n) is 19.1. The Bertz CT molecular complexity index is 1130. The van der Waals surface area contributed by atoms with Crippen LogP contribution in [0.1, 0.15) is 36.1 Å². The molecule has 0 unspecified atom stereocenters. The van der Waals surface area contributed by atoms with E-state index in [9.17, 15) is 13.2 Å². The Morgan fingerprint density at radius 2 is 1.57 bits per heavy atom. The summed E-state index contributed by atoms with van der Waals surface area (Å²) in [6.45, 7) is 14.3. The second-order valence-corrected chi connectivity index (χ2v) is 14.5. The molecule has 0 atom stereocenters. The summed E-state index contributed by atoms with van der Waals surface area (Å²) in [5, 5.41) is 3.61. The van der Waals surface area contributed by atoms with Gasteiger partial charge in [-0.05, 0) is 60.5 Å². The lowest BCUT2D eigenvalue weighted by atomic mass is 9.90. The number of benzene rings is 2. The third kappa shape index (κ3) is 3.68. The topological polar surface area (TPSA) is 3.88 Å². The van der Waals surface area contributed by atoms with Gasteiger partial charge in [-0.3, -0.25) is 0 Å². The van der Waals surface area contributed by atoms with Crippen molar-refractivity contribution in [3.05, 3.63) is 58.8 Å². The van der Waals surface area contributed by atoms with E-state index in [0.29, 0.717) is 16.7 Å². The van der Waals surface area contributed by atoms with Crippen LogP contribution in [0.4, 0.5) is 13.2 Å². The monoisotopic (exact) mass is 430 g/mol. The first-order valence-corrected chi connectivity index (χ1v) is 13.5. The van der Waals surface area contributed by atoms with Gasteiger partial charge in [0.05, 0.1) is 24.6 Å². The smallest absolute Gasteiger partial charge is 0.200 e. The first-order valence-electron chi connectivity index (χ1n) is 10.4. The van der Waals surface area contributed by atoms with Gasteiger partial charge in [0.2, 0.25) is 5.69 Å². The van der Waals surface area contributed by atoms with Crippen molar-refractivity contribution in [2.75, 3.05) is 0 Å². The van der Waals surface area contributed by atoms with Crippen molar-refractivity contribution in [3.8, 4) is 11.3 Å². The summed E-state index contributed by atoms with van der Waals surface area (Å²) < 4.78 is 42.7. The summed E-state index contributed by atoms with van der Waals surface area (Å²) in [5.41, 5.74) is 3.18. The van der Waals surface area contributed by atoms with Crippen molar-refractivity contribution >= 4 is 24.0 Å². The van der Waals surface area contributed by atoms with Crippen LogP contribution in [0.15, 0.2) is 36.5 Å². The molecule has 1 aromatic heterocycles. The van der Waals surface area contributed by atoms with Crippen LogP contribution >= 0.6 is 0 Å². The largest absolute Gasteiger partial charge is 0.416 e. The highest BCUT2D eigenvalue weighted by atomic mass is 28.3. The molecule has 0 saturated carbocycles. The average Bonchev–Trinajstić information content (AvgIpc) is 2.63. The summed E-state index contributed by atoms with van der Waals surface area (Å²) in [4.78, 5) is 0. The Balaban J connectivity index is 2.31. The number of aromatic nitrogens is 1. The number of aryl methyl sites for hydroxylation is 2. The van der Waals surface area contributed by atoms with Gasteiger partial charge in [0.25, 0.3) is 0 Å². The molecule has 160 valence electrons. The molecule has 0 aliphatic carbocycles. The number of alkyl halides is 3. The highest BCUT2D eigenvalue weighted by molar-refractivity contribution is 6.91. The summed E-state index contributed by atoms with van der Waals surface area (Å²) in [5.74, 6) is 0. The molecular formula is C25H31F3NSi+. The van der Waals surface area contributed by atoms with E-state index in [4.69, 9.17) is 0 Å². The first-order chi connectivity index (χ1) is 13.8. The van der Waals surface area contributed by atoms with Gasteiger partial charge in [-0.15, -0.1) is 0 Å². The van der Waals surface area contributed by atoms with Crippen molar-refractivity contribution in [1.29, 1.82) is 0 Å². The number of pyridine rings is 1. The molecule has 0 fully saturated rings. The molecule has 3 rings (SSSR count). The number of halogens is 3. The zero-order valence-corrected chi connectivity index (χ0v) is 20.1. The lowest BCUT2D eigenvalue weighted by molar-refractivity contribution is -0.659. The molecule has 3 aromatic rings. The van der Waals surface area contributed by atoms with E-state index in [-0.39, 0.29) is 5.56 Å². The maximum atomic E-state index is 13.6. The molecule has 0 N–H and O–H groups in total. The van der Waals surface area contributed by atoms with Crippen LogP contribution in [0, 0.1) is 20.8 Å². The van der Waals surface area contributed by atoms with Crippen molar-refractivity contribution in [3.63, 3.8) is 0 Å². The fourth-order valence-electron chi connectivity index (χ4n) is 4.21. The normalized spacial score (nSPS) is 12.8. The second kappa shape index (κ2) is 7.52. The molecule has 0 amide bonds. The fraction of sp³-hybridized carbons (Fsp3) is 0.400. The highest BCUT2D eigenvalue weighted by Crippen LogP contribution is 2.39. The Labute approximate surface area is 178 Å². The van der Waals surface area contributed by atoms with E-state index in [1.165, 1.54) is 5.19 Å². The van der Waals surface area contributed by atoms with Gasteiger partial charge in [0, 0.05) is 6.07 Å². The van der Waals surface area contributed by atoms with Crippen LogP contribution in [0.5, 0.6) is 0 Å². The Kier molecular flexibility index (Phi) is 5.65. The number of hydrogen-bond donors (Lipinski definition) is 0. The van der Waals surface area contributed by atoms with Gasteiger partial charge in [0.1, 0.15) is 7.05 Å². The summed E-state index contributed by atoms with van der Waals surface area (Å²) in [6.07, 6.45) is -2.34. The molecule has 0 aliphatic rings. The lowest BCUT2D eigenvalue weighted by Crippen LogP contribution is -2.44. The van der Waals surface area contributed by atoms with Crippen molar-refractivity contribution < 1.29 is 17.7 Å². The van der Waals surface area contributed by atoms with Crippen molar-refractivity contribution in [2.45, 2.75) is 59.4 Å². The summed E-state index contributed by atoms with van der Waals surface area (Å²) in [7, 11) is 0.382. The highest BCUT2D eigenvalue weighted by Gasteiger charge is 2.36. The standard InChI is InChI=1S/C25H31F3NSi/c1-15(2)30(7,8)20-9-10-21-19(14-20)11-12-29(6)24(21)22-13-16(3)23(25(26,27)28)18(5)17(22)4/h9-15H,1-8H3/q+1. The van der Waals surface area contributed by atoms with Crippen molar-refractivity contribution in [1.82, 2.24) is 0 Å². The molecule has 30 heavy (non-hydrogen) atoms. The predicted molar refractivity (Wildman–Crippen MR) is 122 cm³/mol. The van der Waals surface area contributed by atoms with Crippen LogP contribution in [0.3, 0.4) is 0 Å². The lowest BCUT2D eigenvalue weighted by Gasteiger charge is -2.27. The Morgan fingerprint density at radius 1 is 0.933 bits per heavy atom. The summed E-state index contributed by atoms with van der Waals surface area (Å²) in [6, 6.07) is 10.5. The molecule has 0 radical (unpaired) electrons. The number of rotatable bonds is 3. The predicted octanol–water partition coefficient (Wildman–Crippen LogP) is 6.60. The van der Waals surface area contributed by atoms with Crippen LogP contribution in [-0.4, -0.2) is 8.07 Å². The molecule has 0 saturated heterocycles. The van der Waals surface area contributed by atoms with Gasteiger partial charge in [-0.2, -0.15) is 13.2 Å². The van der Waals surface area contributed by atoms with E-state index in [2.05, 4.69) is 51.2 Å². The van der Waals surface area contributed by atoms with E-state index in [1.807, 2.05) is 17.8 Å². The van der Waals surface area contributed by atoms with Crippen LogP contribution in [0.2, 0.25) is 18.6 Å². The van der Waals surface area contributed by atoms with Crippen molar-refractivity contribution in [2.24, 2.45) is 7.05 Å². The molecule has 0 bridgehead atoms. The van der Waals surface area contributed by atoms with Crippen LogP contribution < -0.4 is 9.75 Å². The average molecular weight is 431 g/mol. The van der Waals surface area contributed by atoms with Gasteiger partial charge < -0.3 is 0 Å². The third-order valence-electron chi connectivity index (χ3n) is 6.96. The number of nitrogens with zero attached hydrogens (tertiary/aromatic N) is 1. The van der Waals surface area contributed by atoms with E-state index in [0.717, 1.165) is 22.0 Å². The SMILES string of the molecule is Cc1cc(-c2c3ccc([Si](C)(C)C(C)C)cc3cc[n+]2C)c(C)c(C)c1C(F)(F)F. The van der Waals surface area contributed by atoms with Gasteiger partial charge in [-0.1, -0.05) is 44.3 Å². The molecule has 1 nitrogen and oxygen atoms in total. The third-order valence-corrected chi connectivity index (χ3v) is 11.6. The molecule has 5 heteroatoms. The Morgan fingerprint density at radius 3 is 2.13 bits per heavy atom. The van der Waals surface area contributed by atoms with Gasteiger partial charge >= 0.3 is 6.18 Å². The first kappa shape index (κ1) is 22.5. The quantitative estimate of drug-likeness (QED) is 0.325. The minimum atomic E-state index is -4.35. The number of fused-ring (bicyclic) bond motifs is 1.